The number of aromatic amines is 1. The molecule has 7 heteroatoms. The second kappa shape index (κ2) is 5.01. The van der Waals surface area contributed by atoms with Crippen LogP contribution in [0, 0.1) is 6.92 Å². The van der Waals surface area contributed by atoms with Crippen LogP contribution in [0.3, 0.4) is 0 Å². The number of aromatic nitrogens is 2. The number of hydrogen-bond acceptors (Lipinski definition) is 5. The Kier molecular flexibility index (Phi) is 3.33. The lowest BCUT2D eigenvalue weighted by Crippen LogP contribution is -2.30. The van der Waals surface area contributed by atoms with Gasteiger partial charge in [0.1, 0.15) is 5.69 Å². The summed E-state index contributed by atoms with van der Waals surface area (Å²) in [5.41, 5.74) is 2.13. The summed E-state index contributed by atoms with van der Waals surface area (Å²) in [5.74, 6) is -0.223. The number of thiazole rings is 1. The molecular weight excluding hydrogens is 278 g/mol. The molecule has 1 aliphatic rings. The fraction of sp³-hybridized carbons (Fsp3) is 0.385. The fourth-order valence-electron chi connectivity index (χ4n) is 2.27. The van der Waals surface area contributed by atoms with Crippen molar-refractivity contribution in [2.24, 2.45) is 0 Å². The van der Waals surface area contributed by atoms with E-state index in [9.17, 15) is 15.0 Å². The number of amides is 1. The van der Waals surface area contributed by atoms with Gasteiger partial charge in [0.25, 0.3) is 5.91 Å². The van der Waals surface area contributed by atoms with Gasteiger partial charge in [-0.3, -0.25) is 4.79 Å². The van der Waals surface area contributed by atoms with Gasteiger partial charge in [0.05, 0.1) is 22.9 Å². The summed E-state index contributed by atoms with van der Waals surface area (Å²) in [6.45, 7) is 2.24. The van der Waals surface area contributed by atoms with Gasteiger partial charge in [0.2, 0.25) is 0 Å². The molecule has 1 saturated heterocycles. The zero-order valence-corrected chi connectivity index (χ0v) is 11.7. The van der Waals surface area contributed by atoms with Crippen LogP contribution in [0.15, 0.2) is 17.6 Å². The molecule has 2 aromatic heterocycles. The van der Waals surface area contributed by atoms with Gasteiger partial charge >= 0.3 is 0 Å². The summed E-state index contributed by atoms with van der Waals surface area (Å²) in [7, 11) is 0. The minimum atomic E-state index is -0.866. The molecule has 1 fully saturated rings. The highest BCUT2D eigenvalue weighted by Crippen LogP contribution is 2.23. The summed E-state index contributed by atoms with van der Waals surface area (Å²) < 4.78 is 0. The van der Waals surface area contributed by atoms with Crippen molar-refractivity contribution in [3.63, 3.8) is 0 Å². The number of likely N-dealkylation sites (tertiary alicyclic amines) is 1. The number of carbonyl (C=O) groups is 1. The monoisotopic (exact) mass is 293 g/mol. The molecule has 0 spiro atoms. The molecule has 3 heterocycles. The lowest BCUT2D eigenvalue weighted by atomic mass is 10.2. The number of carbonyl (C=O) groups excluding carboxylic acids is 1. The highest BCUT2D eigenvalue weighted by atomic mass is 32.1. The number of aliphatic hydroxyl groups excluding tert-OH is 2. The van der Waals surface area contributed by atoms with Crippen molar-refractivity contribution in [3.05, 3.63) is 28.3 Å². The average Bonchev–Trinajstić information content (AvgIpc) is 3.10. The van der Waals surface area contributed by atoms with Crippen LogP contribution < -0.4 is 0 Å². The molecule has 0 bridgehead atoms. The van der Waals surface area contributed by atoms with Crippen molar-refractivity contribution in [3.8, 4) is 11.3 Å². The van der Waals surface area contributed by atoms with Crippen molar-refractivity contribution >= 4 is 17.2 Å². The molecule has 106 valence electrons. The van der Waals surface area contributed by atoms with Crippen LogP contribution in [0.5, 0.6) is 0 Å². The molecular formula is C13H15N3O3S. The molecule has 3 rings (SSSR count). The number of H-pyrrole nitrogens is 1. The third-order valence-corrected chi connectivity index (χ3v) is 4.15. The molecule has 3 N–H and O–H groups in total. The minimum absolute atomic E-state index is 0.157. The Morgan fingerprint density at radius 1 is 1.45 bits per heavy atom. The van der Waals surface area contributed by atoms with E-state index in [0.29, 0.717) is 5.69 Å². The normalized spacial score (nSPS) is 22.4. The summed E-state index contributed by atoms with van der Waals surface area (Å²) >= 11 is 1.56. The van der Waals surface area contributed by atoms with E-state index < -0.39 is 12.2 Å². The first-order chi connectivity index (χ1) is 9.54. The molecule has 1 amide bonds. The molecule has 6 nitrogen and oxygen atoms in total. The number of nitrogens with zero attached hydrogens (tertiary/aromatic N) is 2. The molecule has 2 unspecified atom stereocenters. The summed E-state index contributed by atoms with van der Waals surface area (Å²) in [4.78, 5) is 21.0. The number of aliphatic hydroxyl groups is 2. The smallest absolute Gasteiger partial charge is 0.270 e. The first kappa shape index (κ1) is 13.3. The highest BCUT2D eigenvalue weighted by Gasteiger charge is 2.33. The van der Waals surface area contributed by atoms with E-state index in [2.05, 4.69) is 9.97 Å². The maximum absolute atomic E-state index is 12.2. The first-order valence-corrected chi connectivity index (χ1v) is 7.19. The number of aryl methyl sites for hydroxylation is 1. The summed E-state index contributed by atoms with van der Waals surface area (Å²) in [6, 6.07) is 1.74. The van der Waals surface area contributed by atoms with Gasteiger partial charge in [-0.25, -0.2) is 4.98 Å². The maximum atomic E-state index is 12.2. The van der Waals surface area contributed by atoms with Gasteiger partial charge < -0.3 is 20.1 Å². The van der Waals surface area contributed by atoms with E-state index in [-0.39, 0.29) is 19.0 Å². The predicted octanol–water partition coefficient (Wildman–Crippen LogP) is 0.624. The van der Waals surface area contributed by atoms with E-state index in [1.54, 1.807) is 23.6 Å². The third-order valence-electron chi connectivity index (χ3n) is 3.37. The van der Waals surface area contributed by atoms with E-state index in [0.717, 1.165) is 16.3 Å². The van der Waals surface area contributed by atoms with Gasteiger partial charge in [-0.2, -0.15) is 0 Å². The van der Waals surface area contributed by atoms with Gasteiger partial charge in [-0.15, -0.1) is 11.3 Å². The van der Waals surface area contributed by atoms with Crippen molar-refractivity contribution in [2.75, 3.05) is 13.1 Å². The third kappa shape index (κ3) is 2.35. The number of nitrogens with one attached hydrogen (secondary N) is 1. The van der Waals surface area contributed by atoms with Crippen LogP contribution in [0.25, 0.3) is 11.3 Å². The quantitative estimate of drug-likeness (QED) is 0.757. The molecule has 0 radical (unpaired) electrons. The molecule has 0 aliphatic carbocycles. The Hall–Kier alpha value is -1.70. The van der Waals surface area contributed by atoms with Crippen molar-refractivity contribution in [1.29, 1.82) is 0 Å². The van der Waals surface area contributed by atoms with Gasteiger partial charge in [-0.05, 0) is 13.0 Å². The highest BCUT2D eigenvalue weighted by molar-refractivity contribution is 7.09. The van der Waals surface area contributed by atoms with Crippen LogP contribution in [0.2, 0.25) is 0 Å². The van der Waals surface area contributed by atoms with Crippen LogP contribution in [-0.2, 0) is 0 Å². The topological polar surface area (TPSA) is 89.5 Å². The summed E-state index contributed by atoms with van der Waals surface area (Å²) in [5, 5.41) is 21.9. The van der Waals surface area contributed by atoms with Gasteiger partial charge in [0.15, 0.2) is 0 Å². The molecule has 2 atom stereocenters. The molecule has 0 aromatic carbocycles. The zero-order valence-electron chi connectivity index (χ0n) is 10.9. The minimum Gasteiger partial charge on any atom is -0.388 e. The van der Waals surface area contributed by atoms with Crippen molar-refractivity contribution in [1.82, 2.24) is 14.9 Å². The Morgan fingerprint density at radius 3 is 2.75 bits per heavy atom. The largest absolute Gasteiger partial charge is 0.388 e. The SMILES string of the molecule is Cc1nc(-c2c[nH]c(C(=O)N3CC(O)C(O)C3)c2)cs1. The first-order valence-electron chi connectivity index (χ1n) is 6.31. The Balaban J connectivity index is 1.78. The zero-order chi connectivity index (χ0) is 14.3. The molecule has 2 aromatic rings. The van der Waals surface area contributed by atoms with Gasteiger partial charge in [-0.1, -0.05) is 0 Å². The standard InChI is InChI=1S/C13H15N3O3S/c1-7-15-10(6-20-7)8-2-9(14-3-8)13(19)16-4-11(17)12(18)5-16/h2-3,6,11-12,14,17-18H,4-5H2,1H3. The van der Waals surface area contributed by atoms with Crippen molar-refractivity contribution < 1.29 is 15.0 Å². The van der Waals surface area contributed by atoms with E-state index >= 15 is 0 Å². The molecule has 1 aliphatic heterocycles. The van der Waals surface area contributed by atoms with Crippen LogP contribution in [-0.4, -0.2) is 56.3 Å². The number of rotatable bonds is 2. The fourth-order valence-corrected chi connectivity index (χ4v) is 2.89. The van der Waals surface area contributed by atoms with Crippen LogP contribution in [0.1, 0.15) is 15.5 Å². The van der Waals surface area contributed by atoms with Crippen LogP contribution in [0.4, 0.5) is 0 Å². The molecule has 20 heavy (non-hydrogen) atoms. The Labute approximate surface area is 119 Å². The second-order valence-electron chi connectivity index (χ2n) is 4.90. The number of hydrogen-bond donors (Lipinski definition) is 3. The maximum Gasteiger partial charge on any atom is 0.270 e. The predicted molar refractivity (Wildman–Crippen MR) is 74.6 cm³/mol. The average molecular weight is 293 g/mol. The van der Waals surface area contributed by atoms with E-state index in [1.165, 1.54) is 4.90 Å². The molecule has 0 saturated carbocycles. The van der Waals surface area contributed by atoms with E-state index in [1.807, 2.05) is 12.3 Å². The Morgan fingerprint density at radius 2 is 2.15 bits per heavy atom. The van der Waals surface area contributed by atoms with Crippen LogP contribution >= 0.6 is 11.3 Å². The second-order valence-corrected chi connectivity index (χ2v) is 5.96. The van der Waals surface area contributed by atoms with E-state index in [4.69, 9.17) is 0 Å². The van der Waals surface area contributed by atoms with Gasteiger partial charge in [0, 0.05) is 30.2 Å². The lowest BCUT2D eigenvalue weighted by molar-refractivity contribution is 0.0572. The lowest BCUT2D eigenvalue weighted by Gasteiger charge is -2.13. The summed E-state index contributed by atoms with van der Waals surface area (Å²) in [6.07, 6.45) is 0.00846. The Bertz CT molecular complexity index is 626. The van der Waals surface area contributed by atoms with Crippen molar-refractivity contribution in [2.45, 2.75) is 19.1 Å². The number of β-amino-alcohol motifs (C(OH)–C–C–N with tert-alkyl or cyclic N) is 2.